The van der Waals surface area contributed by atoms with Crippen LogP contribution in [-0.2, 0) is 11.2 Å². The van der Waals surface area contributed by atoms with Crippen molar-refractivity contribution in [3.63, 3.8) is 0 Å². The molecule has 2 aromatic carbocycles. The molecule has 1 aromatic heterocycles. The zero-order valence-electron chi connectivity index (χ0n) is 14.7. The van der Waals surface area contributed by atoms with Crippen LogP contribution in [0.3, 0.4) is 0 Å². The summed E-state index contributed by atoms with van der Waals surface area (Å²) >= 11 is 2.99. The summed E-state index contributed by atoms with van der Waals surface area (Å²) in [7, 11) is 1.71. The third kappa shape index (κ3) is 4.52. The maximum Gasteiger partial charge on any atom is 0.258 e. The Bertz CT molecular complexity index is 876. The van der Waals surface area contributed by atoms with E-state index in [2.05, 4.69) is 34.6 Å². The molecule has 0 aliphatic rings. The quantitative estimate of drug-likeness (QED) is 0.584. The van der Waals surface area contributed by atoms with Gasteiger partial charge in [-0.2, -0.15) is 0 Å². The van der Waals surface area contributed by atoms with Gasteiger partial charge in [-0.25, -0.2) is 4.98 Å². The van der Waals surface area contributed by atoms with Crippen molar-refractivity contribution in [3.8, 4) is 11.3 Å². The number of amides is 1. The molecule has 134 valence electrons. The number of hydrogen-bond acceptors (Lipinski definition) is 5. The maximum atomic E-state index is 12.5. The number of nitrogens with zero attached hydrogens (tertiary/aromatic N) is 1. The Kier molecular flexibility index (Phi) is 6.44. The van der Waals surface area contributed by atoms with Crippen LogP contribution >= 0.6 is 23.1 Å². The van der Waals surface area contributed by atoms with E-state index in [1.807, 2.05) is 35.9 Å². The summed E-state index contributed by atoms with van der Waals surface area (Å²) in [5.41, 5.74) is 3.79. The molecule has 0 unspecified atom stereocenters. The van der Waals surface area contributed by atoms with Gasteiger partial charge in [0, 0.05) is 22.9 Å². The van der Waals surface area contributed by atoms with Crippen LogP contribution in [0.2, 0.25) is 0 Å². The van der Waals surface area contributed by atoms with Crippen molar-refractivity contribution in [2.75, 3.05) is 25.3 Å². The number of nitrogens with one attached hydrogen (secondary N) is 1. The molecular weight excluding hydrogens is 364 g/mol. The third-order valence-electron chi connectivity index (χ3n) is 3.92. The molecular formula is C20H20N2O2S2. The molecule has 0 saturated heterocycles. The number of carbonyl (C=O) groups is 1. The Morgan fingerprint density at radius 2 is 1.96 bits per heavy atom. The van der Waals surface area contributed by atoms with Crippen molar-refractivity contribution in [1.29, 1.82) is 0 Å². The van der Waals surface area contributed by atoms with E-state index in [0.29, 0.717) is 17.3 Å². The van der Waals surface area contributed by atoms with Gasteiger partial charge in [-0.1, -0.05) is 36.4 Å². The van der Waals surface area contributed by atoms with Crippen molar-refractivity contribution in [1.82, 2.24) is 4.98 Å². The second-order valence-corrected chi connectivity index (χ2v) is 7.34. The van der Waals surface area contributed by atoms with Gasteiger partial charge >= 0.3 is 0 Å². The van der Waals surface area contributed by atoms with E-state index in [1.165, 1.54) is 16.9 Å². The zero-order chi connectivity index (χ0) is 18.4. The molecule has 0 bridgehead atoms. The van der Waals surface area contributed by atoms with Gasteiger partial charge in [-0.3, -0.25) is 10.1 Å². The molecule has 26 heavy (non-hydrogen) atoms. The molecule has 0 radical (unpaired) electrons. The number of rotatable bonds is 7. The lowest BCUT2D eigenvalue weighted by molar-refractivity contribution is 0.102. The lowest BCUT2D eigenvalue weighted by atomic mass is 10.1. The maximum absolute atomic E-state index is 12.5. The predicted molar refractivity (Wildman–Crippen MR) is 109 cm³/mol. The van der Waals surface area contributed by atoms with Gasteiger partial charge in [0.25, 0.3) is 5.91 Å². The molecule has 3 rings (SSSR count). The van der Waals surface area contributed by atoms with Gasteiger partial charge < -0.3 is 4.74 Å². The summed E-state index contributed by atoms with van der Waals surface area (Å²) in [6, 6.07) is 15.8. The summed E-state index contributed by atoms with van der Waals surface area (Å²) in [6.45, 7) is 0.712. The van der Waals surface area contributed by atoms with Crippen LogP contribution in [0.4, 0.5) is 5.13 Å². The number of carbonyl (C=O) groups excluding carboxylic acids is 1. The summed E-state index contributed by atoms with van der Waals surface area (Å²) in [5.74, 6) is -0.134. The fourth-order valence-corrected chi connectivity index (χ4v) is 3.83. The molecule has 0 fully saturated rings. The van der Waals surface area contributed by atoms with Crippen LogP contribution in [0.5, 0.6) is 0 Å². The highest BCUT2D eigenvalue weighted by molar-refractivity contribution is 7.98. The summed E-state index contributed by atoms with van der Waals surface area (Å²) in [5, 5.41) is 5.46. The molecule has 1 N–H and O–H groups in total. The molecule has 0 spiro atoms. The number of aromatic nitrogens is 1. The van der Waals surface area contributed by atoms with E-state index in [9.17, 15) is 4.79 Å². The van der Waals surface area contributed by atoms with Gasteiger partial charge in [0.2, 0.25) is 0 Å². The third-order valence-corrected chi connectivity index (χ3v) is 5.47. The van der Waals surface area contributed by atoms with Gasteiger partial charge in [0.15, 0.2) is 5.13 Å². The minimum Gasteiger partial charge on any atom is -0.384 e. The Morgan fingerprint density at radius 3 is 2.69 bits per heavy atom. The van der Waals surface area contributed by atoms with E-state index >= 15 is 0 Å². The number of hydrogen-bond donors (Lipinski definition) is 1. The Morgan fingerprint density at radius 1 is 1.19 bits per heavy atom. The Labute approximate surface area is 161 Å². The van der Waals surface area contributed by atoms with Crippen LogP contribution in [0.25, 0.3) is 11.3 Å². The van der Waals surface area contributed by atoms with E-state index in [-0.39, 0.29) is 5.91 Å². The Balaban J connectivity index is 1.70. The Hall–Kier alpha value is -2.15. The summed E-state index contributed by atoms with van der Waals surface area (Å²) in [4.78, 5) is 18.0. The van der Waals surface area contributed by atoms with Gasteiger partial charge in [-0.05, 0) is 30.4 Å². The van der Waals surface area contributed by atoms with Crippen LogP contribution in [0.1, 0.15) is 15.9 Å². The molecule has 0 saturated carbocycles. The molecule has 1 amide bonds. The fraction of sp³-hybridized carbons (Fsp3) is 0.200. The summed E-state index contributed by atoms with van der Waals surface area (Å²) < 4.78 is 5.10. The normalized spacial score (nSPS) is 10.7. The number of ether oxygens (including phenoxy) is 1. The first-order valence-electron chi connectivity index (χ1n) is 8.19. The number of benzene rings is 2. The van der Waals surface area contributed by atoms with Crippen molar-refractivity contribution in [2.24, 2.45) is 0 Å². The second-order valence-electron chi connectivity index (χ2n) is 5.63. The number of thiazole rings is 1. The molecule has 6 heteroatoms. The standard InChI is InChI=1S/C20H20N2O2S2/c1-24-12-11-14-7-9-15(10-8-14)17-13-26-20(21-17)22-19(23)16-5-3-4-6-18(16)25-2/h3-10,13H,11-12H2,1-2H3,(H,21,22,23). The SMILES string of the molecule is COCCc1ccc(-c2csc(NC(=O)c3ccccc3SC)n2)cc1. The number of methoxy groups -OCH3 is 1. The zero-order valence-corrected chi connectivity index (χ0v) is 16.3. The van der Waals surface area contributed by atoms with Gasteiger partial charge in [-0.15, -0.1) is 23.1 Å². The molecule has 0 aliphatic carbocycles. The average molecular weight is 385 g/mol. The van der Waals surface area contributed by atoms with Crippen LogP contribution < -0.4 is 5.32 Å². The van der Waals surface area contributed by atoms with E-state index in [1.54, 1.807) is 18.9 Å². The van der Waals surface area contributed by atoms with Gasteiger partial charge in [0.05, 0.1) is 17.9 Å². The van der Waals surface area contributed by atoms with Crippen LogP contribution in [0.15, 0.2) is 58.8 Å². The second kappa shape index (κ2) is 8.98. The molecule has 3 aromatic rings. The van der Waals surface area contributed by atoms with Crippen molar-refractivity contribution >= 4 is 34.1 Å². The van der Waals surface area contributed by atoms with Crippen molar-refractivity contribution in [2.45, 2.75) is 11.3 Å². The highest BCUT2D eigenvalue weighted by Crippen LogP contribution is 2.27. The minimum absolute atomic E-state index is 0.134. The first-order chi connectivity index (χ1) is 12.7. The first kappa shape index (κ1) is 18.6. The smallest absolute Gasteiger partial charge is 0.258 e. The van der Waals surface area contributed by atoms with Crippen LogP contribution in [0, 0.1) is 0 Å². The molecule has 0 aliphatic heterocycles. The lowest BCUT2D eigenvalue weighted by Crippen LogP contribution is -2.12. The monoisotopic (exact) mass is 384 g/mol. The highest BCUT2D eigenvalue weighted by atomic mass is 32.2. The highest BCUT2D eigenvalue weighted by Gasteiger charge is 2.13. The fourth-order valence-electron chi connectivity index (χ4n) is 2.52. The predicted octanol–water partition coefficient (Wildman–Crippen LogP) is 4.97. The van der Waals surface area contributed by atoms with E-state index < -0.39 is 0 Å². The van der Waals surface area contributed by atoms with E-state index in [0.717, 1.165) is 22.6 Å². The molecule has 0 atom stereocenters. The molecule has 4 nitrogen and oxygen atoms in total. The van der Waals surface area contributed by atoms with Crippen molar-refractivity contribution < 1.29 is 9.53 Å². The summed E-state index contributed by atoms with van der Waals surface area (Å²) in [6.07, 6.45) is 2.86. The van der Waals surface area contributed by atoms with Crippen LogP contribution in [-0.4, -0.2) is 30.9 Å². The largest absolute Gasteiger partial charge is 0.384 e. The topological polar surface area (TPSA) is 51.2 Å². The average Bonchev–Trinajstić information content (AvgIpc) is 3.15. The lowest BCUT2D eigenvalue weighted by Gasteiger charge is -2.06. The van der Waals surface area contributed by atoms with E-state index in [4.69, 9.17) is 4.74 Å². The minimum atomic E-state index is -0.134. The van der Waals surface area contributed by atoms with Crippen molar-refractivity contribution in [3.05, 3.63) is 65.0 Å². The first-order valence-corrected chi connectivity index (χ1v) is 10.3. The molecule has 1 heterocycles. The number of thioether (sulfide) groups is 1. The van der Waals surface area contributed by atoms with Gasteiger partial charge in [0.1, 0.15) is 0 Å². The number of anilines is 1.